The van der Waals surface area contributed by atoms with Gasteiger partial charge in [0.15, 0.2) is 11.6 Å². The first-order chi connectivity index (χ1) is 9.13. The second-order valence-electron chi connectivity index (χ2n) is 4.82. The van der Waals surface area contributed by atoms with Gasteiger partial charge >= 0.3 is 5.97 Å². The minimum atomic E-state index is -0.831. The molecule has 1 aromatic heterocycles. The van der Waals surface area contributed by atoms with Gasteiger partial charge in [-0.25, -0.2) is 14.4 Å². The molecular formula is C13H18FN3O2. The molecule has 1 fully saturated rings. The molecule has 104 valence electrons. The highest BCUT2D eigenvalue weighted by Gasteiger charge is 2.31. The molecule has 0 radical (unpaired) electrons. The lowest BCUT2D eigenvalue weighted by atomic mass is 9.84. The first-order valence-electron chi connectivity index (χ1n) is 6.62. The van der Waals surface area contributed by atoms with Crippen LogP contribution in [0.3, 0.4) is 0 Å². The number of carbonyl (C=O) groups is 1. The summed E-state index contributed by atoms with van der Waals surface area (Å²) in [5.41, 5.74) is 0.347. The van der Waals surface area contributed by atoms with Crippen molar-refractivity contribution in [3.63, 3.8) is 0 Å². The lowest BCUT2D eigenvalue weighted by molar-refractivity contribution is -0.143. The number of carboxylic acids is 1. The molecule has 2 atom stereocenters. The third-order valence-electron chi connectivity index (χ3n) is 3.60. The van der Waals surface area contributed by atoms with Crippen LogP contribution in [0.1, 0.15) is 38.3 Å². The largest absolute Gasteiger partial charge is 0.481 e. The van der Waals surface area contributed by atoms with Gasteiger partial charge in [-0.05, 0) is 19.3 Å². The first kappa shape index (κ1) is 13.7. The van der Waals surface area contributed by atoms with E-state index in [4.69, 9.17) is 0 Å². The maximum Gasteiger partial charge on any atom is 0.308 e. The average molecular weight is 267 g/mol. The van der Waals surface area contributed by atoms with E-state index in [2.05, 4.69) is 15.3 Å². The average Bonchev–Trinajstić information content (AvgIpc) is 2.41. The number of aliphatic carboxylic acids is 1. The third-order valence-corrected chi connectivity index (χ3v) is 3.60. The number of hydrogen-bond acceptors (Lipinski definition) is 4. The monoisotopic (exact) mass is 267 g/mol. The summed E-state index contributed by atoms with van der Waals surface area (Å²) in [6.07, 6.45) is 5.00. The van der Waals surface area contributed by atoms with Gasteiger partial charge in [0.1, 0.15) is 6.33 Å². The second kappa shape index (κ2) is 5.95. The molecule has 0 aromatic carbocycles. The zero-order chi connectivity index (χ0) is 13.8. The number of nitrogens with zero attached hydrogens (tertiary/aromatic N) is 2. The highest BCUT2D eigenvalue weighted by molar-refractivity contribution is 5.71. The number of aromatic nitrogens is 2. The lowest BCUT2D eigenvalue weighted by Gasteiger charge is -2.29. The van der Waals surface area contributed by atoms with Crippen LogP contribution in [0.15, 0.2) is 6.33 Å². The molecule has 6 heteroatoms. The maximum atomic E-state index is 14.0. The summed E-state index contributed by atoms with van der Waals surface area (Å²) < 4.78 is 14.0. The zero-order valence-electron chi connectivity index (χ0n) is 10.9. The first-order valence-corrected chi connectivity index (χ1v) is 6.62. The van der Waals surface area contributed by atoms with Gasteiger partial charge in [-0.2, -0.15) is 0 Å². The molecule has 0 spiro atoms. The highest BCUT2D eigenvalue weighted by atomic mass is 19.1. The summed E-state index contributed by atoms with van der Waals surface area (Å²) in [5.74, 6) is -1.67. The van der Waals surface area contributed by atoms with Crippen molar-refractivity contribution in [3.8, 4) is 0 Å². The molecule has 2 N–H and O–H groups in total. The Balaban J connectivity index is 2.17. The fourth-order valence-corrected chi connectivity index (χ4v) is 2.53. The number of anilines is 1. The van der Waals surface area contributed by atoms with E-state index < -0.39 is 17.7 Å². The Bertz CT molecular complexity index is 467. The van der Waals surface area contributed by atoms with E-state index in [1.165, 1.54) is 6.33 Å². The molecule has 2 unspecified atom stereocenters. The van der Waals surface area contributed by atoms with Gasteiger partial charge in [0.2, 0.25) is 0 Å². The number of hydrogen-bond donors (Lipinski definition) is 2. The Morgan fingerprint density at radius 2 is 2.21 bits per heavy atom. The van der Waals surface area contributed by atoms with Gasteiger partial charge in [0.05, 0.1) is 11.6 Å². The van der Waals surface area contributed by atoms with E-state index in [9.17, 15) is 14.3 Å². The third kappa shape index (κ3) is 3.00. The molecule has 19 heavy (non-hydrogen) atoms. The highest BCUT2D eigenvalue weighted by Crippen LogP contribution is 2.28. The van der Waals surface area contributed by atoms with E-state index in [1.54, 1.807) is 0 Å². The Kier molecular flexibility index (Phi) is 4.29. The van der Waals surface area contributed by atoms with Crippen molar-refractivity contribution in [2.24, 2.45) is 5.92 Å². The minimum absolute atomic E-state index is 0.116. The molecule has 0 amide bonds. The zero-order valence-corrected chi connectivity index (χ0v) is 10.9. The Labute approximate surface area is 111 Å². The van der Waals surface area contributed by atoms with Crippen molar-refractivity contribution >= 4 is 11.8 Å². The van der Waals surface area contributed by atoms with Crippen LogP contribution >= 0.6 is 0 Å². The van der Waals surface area contributed by atoms with Crippen LogP contribution in [-0.2, 0) is 11.2 Å². The van der Waals surface area contributed by atoms with E-state index in [0.717, 1.165) is 19.3 Å². The predicted molar refractivity (Wildman–Crippen MR) is 68.4 cm³/mol. The molecule has 1 aliphatic carbocycles. The lowest BCUT2D eigenvalue weighted by Crippen LogP contribution is -2.37. The normalized spacial score (nSPS) is 23.1. The standard InChI is InChI=1S/C13H18FN3O2/c1-2-9-11(14)12(16-7-15-9)17-10-6-4-3-5-8(10)13(18)19/h7-8,10H,2-6H2,1H3,(H,18,19)(H,15,16,17). The van der Waals surface area contributed by atoms with Crippen LogP contribution in [0, 0.1) is 11.7 Å². The Morgan fingerprint density at radius 3 is 2.89 bits per heavy atom. The van der Waals surface area contributed by atoms with Crippen molar-refractivity contribution in [2.45, 2.75) is 45.1 Å². The van der Waals surface area contributed by atoms with Gasteiger partial charge in [-0.15, -0.1) is 0 Å². The number of carboxylic acid groups (broad SMARTS) is 1. The maximum absolute atomic E-state index is 14.0. The van der Waals surface area contributed by atoms with E-state index in [1.807, 2.05) is 6.92 Å². The van der Waals surface area contributed by atoms with E-state index in [-0.39, 0.29) is 11.9 Å². The van der Waals surface area contributed by atoms with Crippen LogP contribution in [0.25, 0.3) is 0 Å². The van der Waals surface area contributed by atoms with Gasteiger partial charge < -0.3 is 10.4 Å². The van der Waals surface area contributed by atoms with Gasteiger partial charge in [0, 0.05) is 6.04 Å². The SMILES string of the molecule is CCc1ncnc(NC2CCCCC2C(=O)O)c1F. The van der Waals surface area contributed by atoms with Crippen molar-refractivity contribution < 1.29 is 14.3 Å². The van der Waals surface area contributed by atoms with E-state index in [0.29, 0.717) is 18.5 Å². The molecular weight excluding hydrogens is 249 g/mol. The van der Waals surface area contributed by atoms with Gasteiger partial charge in [-0.1, -0.05) is 19.8 Å². The molecule has 0 saturated heterocycles. The summed E-state index contributed by atoms with van der Waals surface area (Å²) in [6, 6.07) is -0.264. The topological polar surface area (TPSA) is 75.1 Å². The molecule has 0 bridgehead atoms. The molecule has 1 saturated carbocycles. The van der Waals surface area contributed by atoms with Crippen LogP contribution in [0.4, 0.5) is 10.2 Å². The summed E-state index contributed by atoms with van der Waals surface area (Å²) in [7, 11) is 0. The number of nitrogens with one attached hydrogen (secondary N) is 1. The summed E-state index contributed by atoms with van der Waals surface area (Å²) in [5, 5.41) is 12.1. The van der Waals surface area contributed by atoms with Crippen molar-refractivity contribution in [1.82, 2.24) is 9.97 Å². The minimum Gasteiger partial charge on any atom is -0.481 e. The van der Waals surface area contributed by atoms with Gasteiger partial charge in [-0.3, -0.25) is 4.79 Å². The smallest absolute Gasteiger partial charge is 0.308 e. The number of rotatable bonds is 4. The molecule has 1 heterocycles. The van der Waals surface area contributed by atoms with Crippen LogP contribution < -0.4 is 5.32 Å². The molecule has 1 aliphatic rings. The van der Waals surface area contributed by atoms with Crippen molar-refractivity contribution in [3.05, 3.63) is 17.8 Å². The van der Waals surface area contributed by atoms with Crippen LogP contribution in [0.5, 0.6) is 0 Å². The molecule has 5 nitrogen and oxygen atoms in total. The fraction of sp³-hybridized carbons (Fsp3) is 0.615. The number of halogens is 1. The summed E-state index contributed by atoms with van der Waals surface area (Å²) in [4.78, 5) is 18.9. The fourth-order valence-electron chi connectivity index (χ4n) is 2.53. The van der Waals surface area contributed by atoms with Crippen LogP contribution in [-0.4, -0.2) is 27.1 Å². The Morgan fingerprint density at radius 1 is 1.47 bits per heavy atom. The number of aryl methyl sites for hydroxylation is 1. The Hall–Kier alpha value is -1.72. The van der Waals surface area contributed by atoms with E-state index >= 15 is 0 Å². The molecule has 2 rings (SSSR count). The van der Waals surface area contributed by atoms with Crippen molar-refractivity contribution in [1.29, 1.82) is 0 Å². The van der Waals surface area contributed by atoms with Crippen LogP contribution in [0.2, 0.25) is 0 Å². The van der Waals surface area contributed by atoms with Crippen molar-refractivity contribution in [2.75, 3.05) is 5.32 Å². The summed E-state index contributed by atoms with van der Waals surface area (Å²) >= 11 is 0. The quantitative estimate of drug-likeness (QED) is 0.875. The van der Waals surface area contributed by atoms with Gasteiger partial charge in [0.25, 0.3) is 0 Å². The molecule has 0 aliphatic heterocycles. The second-order valence-corrected chi connectivity index (χ2v) is 4.82. The molecule has 1 aromatic rings. The summed E-state index contributed by atoms with van der Waals surface area (Å²) in [6.45, 7) is 1.82. The predicted octanol–water partition coefficient (Wildman–Crippen LogP) is 2.23.